The fraction of sp³-hybridized carbons (Fsp3) is 0.0667. The van der Waals surface area contributed by atoms with Crippen molar-refractivity contribution in [2.24, 2.45) is 0 Å². The minimum atomic E-state index is -0.973. The molecule has 1 aromatic carbocycles. The second-order valence-electron chi connectivity index (χ2n) is 4.43. The zero-order valence-corrected chi connectivity index (χ0v) is 12.0. The number of aryl methyl sites for hydroxylation is 1. The maximum absolute atomic E-state index is 11.0. The van der Waals surface area contributed by atoms with Crippen molar-refractivity contribution in [2.45, 2.75) is 17.0 Å². The lowest BCUT2D eigenvalue weighted by Gasteiger charge is -2.06. The largest absolute Gasteiger partial charge is 0.478 e. The number of hydrogen-bond donors (Lipinski definition) is 1. The first kappa shape index (κ1) is 13.5. The molecule has 2 heterocycles. The predicted octanol–water partition coefficient (Wildman–Crippen LogP) is 3.18. The predicted molar refractivity (Wildman–Crippen MR) is 79.6 cm³/mol. The molecule has 2 aromatic heterocycles. The molecule has 1 N–H and O–H groups in total. The number of pyridine rings is 1. The molecule has 0 fully saturated rings. The van der Waals surface area contributed by atoms with Gasteiger partial charge in [0, 0.05) is 17.0 Å². The van der Waals surface area contributed by atoms with Crippen molar-refractivity contribution < 1.29 is 9.90 Å². The van der Waals surface area contributed by atoms with Crippen LogP contribution in [0.4, 0.5) is 0 Å². The summed E-state index contributed by atoms with van der Waals surface area (Å²) in [5.74, 6) is -0.973. The summed E-state index contributed by atoms with van der Waals surface area (Å²) in [7, 11) is 0. The molecular formula is C15H11N3O2S. The topological polar surface area (TPSA) is 76.0 Å². The normalized spacial score (nSPS) is 10.7. The van der Waals surface area contributed by atoms with Crippen LogP contribution in [0.15, 0.2) is 52.6 Å². The van der Waals surface area contributed by atoms with Gasteiger partial charge in [0.15, 0.2) is 0 Å². The number of aromatic nitrogens is 3. The van der Waals surface area contributed by atoms with E-state index in [0.29, 0.717) is 10.1 Å². The van der Waals surface area contributed by atoms with Crippen LogP contribution >= 0.6 is 11.8 Å². The van der Waals surface area contributed by atoms with Gasteiger partial charge in [-0.3, -0.25) is 0 Å². The van der Waals surface area contributed by atoms with Gasteiger partial charge < -0.3 is 5.11 Å². The highest BCUT2D eigenvalue weighted by Crippen LogP contribution is 2.31. The Bertz CT molecular complexity index is 836. The molecule has 0 unspecified atom stereocenters. The van der Waals surface area contributed by atoms with Crippen LogP contribution in [0, 0.1) is 6.92 Å². The van der Waals surface area contributed by atoms with Crippen molar-refractivity contribution in [3.63, 3.8) is 0 Å². The van der Waals surface area contributed by atoms with Crippen LogP contribution in [0.2, 0.25) is 0 Å². The zero-order valence-electron chi connectivity index (χ0n) is 11.1. The Morgan fingerprint density at radius 1 is 1.14 bits per heavy atom. The van der Waals surface area contributed by atoms with Crippen molar-refractivity contribution in [1.82, 2.24) is 15.2 Å². The molecule has 0 spiro atoms. The number of rotatable bonds is 3. The summed E-state index contributed by atoms with van der Waals surface area (Å²) in [5, 5.41) is 20.7. The lowest BCUT2D eigenvalue weighted by atomic mass is 10.1. The van der Waals surface area contributed by atoms with Crippen LogP contribution in [0.5, 0.6) is 0 Å². The van der Waals surface area contributed by atoms with Crippen LogP contribution in [0.3, 0.4) is 0 Å². The number of fused-ring (bicyclic) bond motifs is 1. The molecule has 0 aliphatic carbocycles. The molecule has 0 aliphatic rings. The van der Waals surface area contributed by atoms with Crippen LogP contribution in [-0.4, -0.2) is 26.3 Å². The Labute approximate surface area is 125 Å². The van der Waals surface area contributed by atoms with Gasteiger partial charge in [0.25, 0.3) is 0 Å². The Balaban J connectivity index is 2.04. The number of nitrogens with zero attached hydrogens (tertiary/aromatic N) is 3. The summed E-state index contributed by atoms with van der Waals surface area (Å²) >= 11 is 1.31. The molecule has 5 nitrogen and oxygen atoms in total. The van der Waals surface area contributed by atoms with E-state index in [-0.39, 0.29) is 5.56 Å². The molecule has 104 valence electrons. The molecule has 0 aliphatic heterocycles. The van der Waals surface area contributed by atoms with Crippen molar-refractivity contribution in [2.75, 3.05) is 0 Å². The molecule has 0 amide bonds. The molecule has 3 aromatic rings. The highest BCUT2D eigenvalue weighted by Gasteiger charge is 2.10. The SMILES string of the molecule is Cc1nnc(Sc2cc(C(=O)O)ccn2)c2ccccc12. The number of aromatic carboxylic acids is 1. The quantitative estimate of drug-likeness (QED) is 0.800. The Morgan fingerprint density at radius 3 is 2.67 bits per heavy atom. The standard InChI is InChI=1S/C15H11N3O2S/c1-9-11-4-2-3-5-12(11)14(18-17-9)21-13-8-10(15(19)20)6-7-16-13/h2-8H,1H3,(H,19,20). The second kappa shape index (κ2) is 5.49. The first-order chi connectivity index (χ1) is 10.1. The lowest BCUT2D eigenvalue weighted by molar-refractivity contribution is 0.0696. The van der Waals surface area contributed by atoms with E-state index < -0.39 is 5.97 Å². The van der Waals surface area contributed by atoms with Crippen LogP contribution in [0.1, 0.15) is 16.1 Å². The van der Waals surface area contributed by atoms with E-state index in [1.807, 2.05) is 31.2 Å². The molecule has 0 bridgehead atoms. The van der Waals surface area contributed by atoms with Crippen molar-refractivity contribution >= 4 is 28.5 Å². The summed E-state index contributed by atoms with van der Waals surface area (Å²) in [6.07, 6.45) is 1.48. The minimum Gasteiger partial charge on any atom is -0.478 e. The van der Waals surface area contributed by atoms with Crippen molar-refractivity contribution in [1.29, 1.82) is 0 Å². The van der Waals surface area contributed by atoms with Crippen molar-refractivity contribution in [3.05, 3.63) is 53.9 Å². The molecule has 0 saturated heterocycles. The first-order valence-corrected chi connectivity index (χ1v) is 7.06. The first-order valence-electron chi connectivity index (χ1n) is 6.24. The van der Waals surface area contributed by atoms with Crippen molar-refractivity contribution in [3.8, 4) is 0 Å². The third-order valence-corrected chi connectivity index (χ3v) is 3.95. The average molecular weight is 297 g/mol. The number of benzene rings is 1. The van der Waals surface area contributed by atoms with Crippen LogP contribution in [0.25, 0.3) is 10.8 Å². The van der Waals surface area contributed by atoms with Gasteiger partial charge in [0.2, 0.25) is 0 Å². The number of carboxylic acids is 1. The molecule has 3 rings (SSSR count). The third kappa shape index (κ3) is 2.71. The number of carboxylic acid groups (broad SMARTS) is 1. The molecule has 6 heteroatoms. The van der Waals surface area contributed by atoms with E-state index in [4.69, 9.17) is 5.11 Å². The van der Waals surface area contributed by atoms with Crippen LogP contribution < -0.4 is 0 Å². The van der Waals surface area contributed by atoms with Gasteiger partial charge in [0.1, 0.15) is 10.1 Å². The van der Waals surface area contributed by atoms with Crippen LogP contribution in [-0.2, 0) is 0 Å². The molecule has 0 radical (unpaired) electrons. The number of carbonyl (C=O) groups is 1. The average Bonchev–Trinajstić information content (AvgIpc) is 2.51. The Morgan fingerprint density at radius 2 is 1.90 bits per heavy atom. The highest BCUT2D eigenvalue weighted by atomic mass is 32.2. The zero-order chi connectivity index (χ0) is 14.8. The van der Waals surface area contributed by atoms with E-state index in [1.165, 1.54) is 30.1 Å². The van der Waals surface area contributed by atoms with Gasteiger partial charge in [-0.25, -0.2) is 9.78 Å². The summed E-state index contributed by atoms with van der Waals surface area (Å²) in [5.41, 5.74) is 1.07. The van der Waals surface area contributed by atoms with E-state index in [9.17, 15) is 4.79 Å². The molecule has 0 atom stereocenters. The summed E-state index contributed by atoms with van der Waals surface area (Å²) < 4.78 is 0. The van der Waals surface area contributed by atoms with Gasteiger partial charge in [-0.2, -0.15) is 5.10 Å². The third-order valence-electron chi connectivity index (χ3n) is 3.02. The summed E-state index contributed by atoms with van der Waals surface area (Å²) in [6, 6.07) is 10.9. The van der Waals surface area contributed by atoms with E-state index in [2.05, 4.69) is 15.2 Å². The molecule has 21 heavy (non-hydrogen) atoms. The van der Waals surface area contributed by atoms with Gasteiger partial charge in [-0.05, 0) is 30.8 Å². The minimum absolute atomic E-state index is 0.205. The highest BCUT2D eigenvalue weighted by molar-refractivity contribution is 7.99. The summed E-state index contributed by atoms with van der Waals surface area (Å²) in [6.45, 7) is 1.91. The Hall–Kier alpha value is -2.47. The van der Waals surface area contributed by atoms with Gasteiger partial charge in [-0.15, -0.1) is 5.10 Å². The maximum atomic E-state index is 11.0. The maximum Gasteiger partial charge on any atom is 0.335 e. The van der Waals surface area contributed by atoms with E-state index in [1.54, 1.807) is 0 Å². The fourth-order valence-corrected chi connectivity index (χ4v) is 2.85. The van der Waals surface area contributed by atoms with Gasteiger partial charge >= 0.3 is 5.97 Å². The fourth-order valence-electron chi connectivity index (χ4n) is 1.99. The van der Waals surface area contributed by atoms with Gasteiger partial charge in [-0.1, -0.05) is 24.3 Å². The molecule has 0 saturated carbocycles. The Kier molecular flexibility index (Phi) is 3.53. The van der Waals surface area contributed by atoms with E-state index in [0.717, 1.165) is 16.5 Å². The second-order valence-corrected chi connectivity index (χ2v) is 5.44. The summed E-state index contributed by atoms with van der Waals surface area (Å²) in [4.78, 5) is 15.2. The molecular weight excluding hydrogens is 286 g/mol. The van der Waals surface area contributed by atoms with Gasteiger partial charge in [0.05, 0.1) is 11.3 Å². The van der Waals surface area contributed by atoms with E-state index >= 15 is 0 Å². The smallest absolute Gasteiger partial charge is 0.335 e. The number of hydrogen-bond acceptors (Lipinski definition) is 5. The lowest BCUT2D eigenvalue weighted by Crippen LogP contribution is -1.97. The monoisotopic (exact) mass is 297 g/mol.